The Kier molecular flexibility index (Phi) is 3.04. The maximum Gasteiger partial charge on any atom is 0.157 e. The van der Waals surface area contributed by atoms with Gasteiger partial charge in [0.05, 0.1) is 2.42 Å². The minimum Gasteiger partial charge on any atom is -0.200 e. The highest BCUT2D eigenvalue weighted by molar-refractivity contribution is 14.2. The van der Waals surface area contributed by atoms with Crippen molar-refractivity contribution in [2.45, 2.75) is 0 Å². The van der Waals surface area contributed by atoms with E-state index in [1.807, 2.05) is 6.08 Å². The van der Waals surface area contributed by atoms with Crippen molar-refractivity contribution in [1.29, 1.82) is 0 Å². The largest absolute Gasteiger partial charge is 0.200 e. The Morgan fingerprint density at radius 1 is 1.33 bits per heavy atom. The highest BCUT2D eigenvalue weighted by Crippen LogP contribution is 2.29. The van der Waals surface area contributed by atoms with Gasteiger partial charge in [-0.2, -0.15) is 0 Å². The SMILES string of the molecule is FC1=CC(Br)=CC(Br)=I1. The zero-order valence-corrected chi connectivity index (χ0v) is 9.50. The summed E-state index contributed by atoms with van der Waals surface area (Å²) in [6.07, 6.45) is 3.40. The van der Waals surface area contributed by atoms with E-state index in [0.717, 1.165) is 6.90 Å². The molecule has 0 aromatic carbocycles. The molecule has 1 aliphatic rings. The summed E-state index contributed by atoms with van der Waals surface area (Å²) >= 11 is 5.91. The maximum absolute atomic E-state index is 12.5. The fourth-order valence-electron chi connectivity index (χ4n) is 0.391. The van der Waals surface area contributed by atoms with Crippen molar-refractivity contribution in [1.82, 2.24) is 0 Å². The van der Waals surface area contributed by atoms with Gasteiger partial charge in [0.25, 0.3) is 0 Å². The van der Waals surface area contributed by atoms with Crippen molar-refractivity contribution in [3.63, 3.8) is 0 Å². The second kappa shape index (κ2) is 3.39. The van der Waals surface area contributed by atoms with Crippen LogP contribution in [-0.2, 0) is 0 Å². The van der Waals surface area contributed by atoms with E-state index in [1.165, 1.54) is 6.08 Å². The third-order valence-electron chi connectivity index (χ3n) is 0.675. The Bertz CT molecular complexity index is 171. The standard InChI is InChI=1S/C5H2Br2FI/c6-3-1-4(7)9-5(8)2-3/h1-2H. The van der Waals surface area contributed by atoms with E-state index in [-0.39, 0.29) is 3.83 Å². The van der Waals surface area contributed by atoms with Crippen LogP contribution >= 0.6 is 52.6 Å². The van der Waals surface area contributed by atoms with Gasteiger partial charge in [0.2, 0.25) is 0 Å². The Balaban J connectivity index is 2.98. The molecule has 0 aromatic heterocycles. The van der Waals surface area contributed by atoms with Crippen LogP contribution in [0.1, 0.15) is 0 Å². The van der Waals surface area contributed by atoms with Gasteiger partial charge in [-0.15, -0.1) is 0 Å². The lowest BCUT2D eigenvalue weighted by atomic mass is 10.5. The monoisotopic (exact) mass is 366 g/mol. The Labute approximate surface area is 79.2 Å². The second-order valence-corrected chi connectivity index (χ2v) is 7.33. The summed E-state index contributed by atoms with van der Waals surface area (Å²) in [5.41, 5.74) is 0. The molecule has 0 aliphatic carbocycles. The predicted octanol–water partition coefficient (Wildman–Crippen LogP) is 3.59. The number of rotatable bonds is 0. The van der Waals surface area contributed by atoms with Crippen molar-refractivity contribution in [3.8, 4) is 0 Å². The molecular weight excluding hydrogens is 366 g/mol. The molecule has 0 saturated carbocycles. The summed E-state index contributed by atoms with van der Waals surface area (Å²) in [6, 6.07) is 0. The van der Waals surface area contributed by atoms with Crippen LogP contribution in [0.4, 0.5) is 4.39 Å². The highest BCUT2D eigenvalue weighted by Gasteiger charge is 2.00. The lowest BCUT2D eigenvalue weighted by Crippen LogP contribution is -1.79. The van der Waals surface area contributed by atoms with E-state index in [2.05, 4.69) is 31.9 Å². The predicted molar refractivity (Wildman–Crippen MR) is 54.2 cm³/mol. The summed E-state index contributed by atoms with van der Waals surface area (Å²) in [4.78, 5) is 0. The fraction of sp³-hybridized carbons (Fsp3) is 0. The lowest BCUT2D eigenvalue weighted by Gasteiger charge is -1.96. The zero-order valence-electron chi connectivity index (χ0n) is 4.17. The molecule has 4 heteroatoms. The van der Waals surface area contributed by atoms with Gasteiger partial charge in [0.1, 0.15) is 0 Å². The number of halogens is 4. The Morgan fingerprint density at radius 3 is 2.44 bits per heavy atom. The van der Waals surface area contributed by atoms with Crippen LogP contribution in [0.2, 0.25) is 0 Å². The first-order valence-corrected chi connectivity index (χ1v) is 5.84. The summed E-state index contributed by atoms with van der Waals surface area (Å²) in [7, 11) is 0. The Hall–Kier alpha value is 0.970. The number of hydrogen-bond donors (Lipinski definition) is 0. The van der Waals surface area contributed by atoms with Crippen LogP contribution in [0.15, 0.2) is 20.5 Å². The van der Waals surface area contributed by atoms with E-state index >= 15 is 0 Å². The minimum atomic E-state index is -0.517. The van der Waals surface area contributed by atoms with Crippen molar-refractivity contribution >= 4 is 55.0 Å². The van der Waals surface area contributed by atoms with Crippen LogP contribution in [-0.4, -0.2) is 2.42 Å². The van der Waals surface area contributed by atoms with Crippen LogP contribution in [0.25, 0.3) is 0 Å². The molecule has 0 spiro atoms. The first-order valence-electron chi connectivity index (χ1n) is 2.10. The summed E-state index contributed by atoms with van der Waals surface area (Å²) in [5.74, 6) is 0. The molecule has 1 rings (SSSR count). The van der Waals surface area contributed by atoms with Gasteiger partial charge in [-0.1, -0.05) is 15.9 Å². The molecule has 0 N–H and O–H groups in total. The summed E-state index contributed by atoms with van der Waals surface area (Å²) < 4.78 is 14.3. The van der Waals surface area contributed by atoms with Crippen LogP contribution in [0.5, 0.6) is 0 Å². The molecule has 0 nitrogen and oxygen atoms in total. The van der Waals surface area contributed by atoms with Crippen molar-refractivity contribution in [2.24, 2.45) is 0 Å². The minimum absolute atomic E-state index is 0.00458. The van der Waals surface area contributed by atoms with Gasteiger partial charge in [-0.25, -0.2) is 4.39 Å². The lowest BCUT2D eigenvalue weighted by molar-refractivity contribution is 0.711. The molecule has 0 fully saturated rings. The van der Waals surface area contributed by atoms with Gasteiger partial charge >= 0.3 is 0 Å². The molecule has 0 unspecified atom stereocenters. The highest BCUT2D eigenvalue weighted by atomic mass is 127. The average Bonchev–Trinajstić information content (AvgIpc) is 1.59. The van der Waals surface area contributed by atoms with E-state index in [0.29, 0.717) is 0 Å². The molecule has 0 atom stereocenters. The molecule has 1 aliphatic heterocycles. The molecule has 0 saturated heterocycles. The quantitative estimate of drug-likeness (QED) is 0.574. The van der Waals surface area contributed by atoms with Gasteiger partial charge in [0, 0.05) is 4.48 Å². The van der Waals surface area contributed by atoms with Crippen molar-refractivity contribution in [3.05, 3.63) is 20.5 Å². The molecule has 0 aromatic rings. The average molecular weight is 368 g/mol. The van der Waals surface area contributed by atoms with E-state index in [4.69, 9.17) is 0 Å². The van der Waals surface area contributed by atoms with Crippen LogP contribution in [0.3, 0.4) is 0 Å². The van der Waals surface area contributed by atoms with E-state index in [9.17, 15) is 4.39 Å². The van der Waals surface area contributed by atoms with Crippen molar-refractivity contribution < 1.29 is 4.39 Å². The fourth-order valence-corrected chi connectivity index (χ4v) is 4.67. The molecule has 0 radical (unpaired) electrons. The van der Waals surface area contributed by atoms with E-state index in [1.54, 1.807) is 0 Å². The van der Waals surface area contributed by atoms with Gasteiger partial charge in [-0.05, 0) is 48.8 Å². The number of hydrogen-bond acceptors (Lipinski definition) is 0. The summed E-state index contributed by atoms with van der Waals surface area (Å²) in [6.45, 7) is 0. The molecule has 1 heterocycles. The molecule has 0 bridgehead atoms. The first-order chi connectivity index (χ1) is 4.18. The molecule has 50 valence electrons. The molecule has 9 heavy (non-hydrogen) atoms. The van der Waals surface area contributed by atoms with Crippen molar-refractivity contribution in [2.75, 3.05) is 0 Å². The van der Waals surface area contributed by atoms with E-state index < -0.39 is 20.7 Å². The zero-order chi connectivity index (χ0) is 6.85. The van der Waals surface area contributed by atoms with Crippen LogP contribution < -0.4 is 0 Å². The van der Waals surface area contributed by atoms with Crippen LogP contribution in [0, 0.1) is 0 Å². The second-order valence-electron chi connectivity index (χ2n) is 1.35. The smallest absolute Gasteiger partial charge is 0.157 e. The first kappa shape index (κ1) is 8.07. The van der Waals surface area contributed by atoms with Gasteiger partial charge < -0.3 is 0 Å². The van der Waals surface area contributed by atoms with Gasteiger partial charge in [0.15, 0.2) is 3.83 Å². The molecular formula is C5H2Br2FI. The number of allylic oxidation sites excluding steroid dienone is 3. The normalized spacial score (nSPS) is 19.2. The topological polar surface area (TPSA) is 0 Å². The third kappa shape index (κ3) is 2.59. The summed E-state index contributed by atoms with van der Waals surface area (Å²) in [5, 5.41) is 0. The van der Waals surface area contributed by atoms with Gasteiger partial charge in [-0.3, -0.25) is 0 Å². The molecule has 0 amide bonds. The maximum atomic E-state index is 12.5. The Morgan fingerprint density at radius 2 is 2.00 bits per heavy atom. The third-order valence-corrected chi connectivity index (χ3v) is 4.02.